The summed E-state index contributed by atoms with van der Waals surface area (Å²) in [6.45, 7) is 4.17. The van der Waals surface area contributed by atoms with Crippen LogP contribution in [0, 0.1) is 6.92 Å². The molecular weight excluding hydrogens is 408 g/mol. The Kier molecular flexibility index (Phi) is 6.28. The lowest BCUT2D eigenvalue weighted by atomic mass is 10.0. The average Bonchev–Trinajstić information content (AvgIpc) is 3.36. The molecule has 29 heavy (non-hydrogen) atoms. The molecule has 1 aromatic carbocycles. The van der Waals surface area contributed by atoms with E-state index in [1.54, 1.807) is 6.92 Å². The third-order valence-electron chi connectivity index (χ3n) is 5.16. The zero-order valence-corrected chi connectivity index (χ0v) is 17.8. The van der Waals surface area contributed by atoms with Crippen molar-refractivity contribution in [3.63, 3.8) is 0 Å². The Morgan fingerprint density at radius 2 is 2.17 bits per heavy atom. The normalized spacial score (nSPS) is 15.1. The summed E-state index contributed by atoms with van der Waals surface area (Å²) in [6, 6.07) is 10.2. The highest BCUT2D eigenvalue weighted by atomic mass is 35.5. The van der Waals surface area contributed by atoms with E-state index < -0.39 is 0 Å². The highest BCUT2D eigenvalue weighted by molar-refractivity contribution is 7.10. The molecule has 3 heterocycles. The van der Waals surface area contributed by atoms with Gasteiger partial charge in [0.25, 0.3) is 0 Å². The summed E-state index contributed by atoms with van der Waals surface area (Å²) in [5.74, 6) is 1.06. The molecule has 1 atom stereocenters. The molecule has 0 saturated carbocycles. The molecule has 6 nitrogen and oxygen atoms in total. The number of hydrogen-bond donors (Lipinski definition) is 1. The topological polar surface area (TPSA) is 71.3 Å². The van der Waals surface area contributed by atoms with Gasteiger partial charge in [-0.25, -0.2) is 0 Å². The van der Waals surface area contributed by atoms with Crippen molar-refractivity contribution in [2.75, 3.05) is 13.1 Å². The van der Waals surface area contributed by atoms with E-state index in [9.17, 15) is 4.79 Å². The Morgan fingerprint density at radius 3 is 2.93 bits per heavy atom. The van der Waals surface area contributed by atoms with Crippen molar-refractivity contribution in [2.24, 2.45) is 0 Å². The van der Waals surface area contributed by atoms with E-state index >= 15 is 0 Å². The Labute approximate surface area is 178 Å². The van der Waals surface area contributed by atoms with Gasteiger partial charge in [-0.05, 0) is 48.1 Å². The van der Waals surface area contributed by atoms with E-state index in [-0.39, 0.29) is 11.9 Å². The number of nitrogens with zero attached hydrogens (tertiary/aromatic N) is 3. The van der Waals surface area contributed by atoms with Crippen molar-refractivity contribution in [1.29, 1.82) is 0 Å². The number of halogens is 1. The standard InChI is InChI=1S/C21H23ClN4O2S/c1-14-24-21(28-25-14)7-6-20(27)23-12-18(15-2-4-17(22)5-3-15)26-10-8-19-16(13-26)9-11-29-19/h2-5,9,11,18H,6-8,10,12-13H2,1H3,(H,23,27). The molecule has 0 bridgehead atoms. The fourth-order valence-corrected chi connectivity index (χ4v) is 4.66. The highest BCUT2D eigenvalue weighted by Crippen LogP contribution is 2.30. The van der Waals surface area contributed by atoms with Gasteiger partial charge in [0.05, 0.1) is 6.04 Å². The minimum absolute atomic E-state index is 0.0203. The van der Waals surface area contributed by atoms with Crippen LogP contribution in [0.3, 0.4) is 0 Å². The van der Waals surface area contributed by atoms with Crippen molar-refractivity contribution in [2.45, 2.75) is 38.8 Å². The van der Waals surface area contributed by atoms with Crippen LogP contribution in [0.2, 0.25) is 5.02 Å². The molecule has 0 fully saturated rings. The zero-order chi connectivity index (χ0) is 20.2. The number of fused-ring (bicyclic) bond motifs is 1. The molecule has 1 aliphatic heterocycles. The van der Waals surface area contributed by atoms with E-state index in [0.717, 1.165) is 25.1 Å². The predicted molar refractivity (Wildman–Crippen MR) is 113 cm³/mol. The van der Waals surface area contributed by atoms with E-state index in [0.29, 0.717) is 36.1 Å². The van der Waals surface area contributed by atoms with Crippen LogP contribution >= 0.6 is 22.9 Å². The Bertz CT molecular complexity index is 969. The van der Waals surface area contributed by atoms with Gasteiger partial charge in [-0.3, -0.25) is 9.69 Å². The number of thiophene rings is 1. The molecule has 1 aliphatic rings. The first-order valence-corrected chi connectivity index (χ1v) is 10.9. The lowest BCUT2D eigenvalue weighted by molar-refractivity contribution is -0.121. The maximum absolute atomic E-state index is 12.4. The van der Waals surface area contributed by atoms with Gasteiger partial charge in [0.1, 0.15) is 0 Å². The largest absolute Gasteiger partial charge is 0.354 e. The number of carbonyl (C=O) groups excluding carboxylic acids is 1. The SMILES string of the molecule is Cc1noc(CCC(=O)NCC(c2ccc(Cl)cc2)N2CCc3sccc3C2)n1. The second-order valence-corrected chi connectivity index (χ2v) is 8.63. The van der Waals surface area contributed by atoms with Gasteiger partial charge in [-0.2, -0.15) is 4.98 Å². The maximum atomic E-state index is 12.4. The summed E-state index contributed by atoms with van der Waals surface area (Å²) in [5, 5.41) is 9.72. The quantitative estimate of drug-likeness (QED) is 0.614. The number of aromatic nitrogens is 2. The zero-order valence-electron chi connectivity index (χ0n) is 16.2. The fraction of sp³-hybridized carbons (Fsp3) is 0.381. The number of rotatable bonds is 7. The summed E-state index contributed by atoms with van der Waals surface area (Å²) < 4.78 is 5.08. The van der Waals surface area contributed by atoms with E-state index in [4.69, 9.17) is 16.1 Å². The number of carbonyl (C=O) groups is 1. The summed E-state index contributed by atoms with van der Waals surface area (Å²) in [4.78, 5) is 20.5. The molecule has 0 spiro atoms. The van der Waals surface area contributed by atoms with Gasteiger partial charge in [-0.1, -0.05) is 28.9 Å². The Morgan fingerprint density at radius 1 is 1.34 bits per heavy atom. The number of benzene rings is 1. The molecule has 1 unspecified atom stereocenters. The molecular formula is C21H23ClN4O2S. The number of aryl methyl sites for hydroxylation is 2. The van der Waals surface area contributed by atoms with Gasteiger partial charge >= 0.3 is 0 Å². The van der Waals surface area contributed by atoms with Crippen LogP contribution in [-0.4, -0.2) is 34.0 Å². The second kappa shape index (κ2) is 9.07. The van der Waals surface area contributed by atoms with Crippen LogP contribution in [0.4, 0.5) is 0 Å². The molecule has 1 amide bonds. The molecule has 0 saturated heterocycles. The van der Waals surface area contributed by atoms with E-state index in [1.165, 1.54) is 10.4 Å². The minimum Gasteiger partial charge on any atom is -0.354 e. The Balaban J connectivity index is 1.41. The second-order valence-electron chi connectivity index (χ2n) is 7.20. The van der Waals surface area contributed by atoms with Gasteiger partial charge in [0, 0.05) is 42.4 Å². The van der Waals surface area contributed by atoms with Crippen LogP contribution < -0.4 is 5.32 Å². The molecule has 152 valence electrons. The third kappa shape index (κ3) is 5.04. The summed E-state index contributed by atoms with van der Waals surface area (Å²) >= 11 is 7.91. The van der Waals surface area contributed by atoms with Crippen LogP contribution in [0.25, 0.3) is 0 Å². The first kappa shape index (κ1) is 20.1. The molecule has 3 aromatic rings. The van der Waals surface area contributed by atoms with Crippen LogP contribution in [-0.2, 0) is 24.2 Å². The maximum Gasteiger partial charge on any atom is 0.227 e. The van der Waals surface area contributed by atoms with Crippen LogP contribution in [0.1, 0.15) is 40.2 Å². The molecule has 0 radical (unpaired) electrons. The highest BCUT2D eigenvalue weighted by Gasteiger charge is 2.26. The van der Waals surface area contributed by atoms with Gasteiger partial charge in [-0.15, -0.1) is 11.3 Å². The summed E-state index contributed by atoms with van der Waals surface area (Å²) in [7, 11) is 0. The molecule has 0 aliphatic carbocycles. The number of hydrogen-bond acceptors (Lipinski definition) is 6. The summed E-state index contributed by atoms with van der Waals surface area (Å²) in [6.07, 6.45) is 1.81. The van der Waals surface area contributed by atoms with Gasteiger partial charge in [0.2, 0.25) is 11.8 Å². The van der Waals surface area contributed by atoms with E-state index in [2.05, 4.69) is 31.8 Å². The van der Waals surface area contributed by atoms with Gasteiger partial charge < -0.3 is 9.84 Å². The number of amides is 1. The first-order chi connectivity index (χ1) is 14.1. The van der Waals surface area contributed by atoms with Crippen molar-refractivity contribution < 1.29 is 9.32 Å². The van der Waals surface area contributed by atoms with Crippen LogP contribution in [0.15, 0.2) is 40.2 Å². The van der Waals surface area contributed by atoms with Crippen molar-refractivity contribution in [3.05, 3.63) is 68.5 Å². The number of nitrogens with one attached hydrogen (secondary N) is 1. The molecule has 1 N–H and O–H groups in total. The van der Waals surface area contributed by atoms with Crippen LogP contribution in [0.5, 0.6) is 0 Å². The monoisotopic (exact) mass is 430 g/mol. The lowest BCUT2D eigenvalue weighted by Gasteiger charge is -2.35. The molecule has 4 rings (SSSR count). The smallest absolute Gasteiger partial charge is 0.227 e. The Hall–Kier alpha value is -2.22. The van der Waals surface area contributed by atoms with Crippen molar-refractivity contribution in [1.82, 2.24) is 20.4 Å². The van der Waals surface area contributed by atoms with Gasteiger partial charge in [0.15, 0.2) is 5.82 Å². The minimum atomic E-state index is -0.0203. The van der Waals surface area contributed by atoms with Crippen molar-refractivity contribution in [3.8, 4) is 0 Å². The lowest BCUT2D eigenvalue weighted by Crippen LogP contribution is -2.40. The fourth-order valence-electron chi connectivity index (χ4n) is 3.64. The predicted octanol–water partition coefficient (Wildman–Crippen LogP) is 3.94. The first-order valence-electron chi connectivity index (χ1n) is 9.69. The average molecular weight is 431 g/mol. The van der Waals surface area contributed by atoms with Crippen molar-refractivity contribution >= 4 is 28.8 Å². The molecule has 2 aromatic heterocycles. The molecule has 8 heteroatoms. The van der Waals surface area contributed by atoms with E-state index in [1.807, 2.05) is 35.6 Å². The third-order valence-corrected chi connectivity index (χ3v) is 6.44. The summed E-state index contributed by atoms with van der Waals surface area (Å²) in [5.41, 5.74) is 2.54.